The maximum Gasteiger partial charge on any atom is 0.445 e. The average molecular weight is 182 g/mol. The highest BCUT2D eigenvalue weighted by Gasteiger charge is 2.40. The minimum absolute atomic E-state index is 3.09. The molecule has 0 fully saturated rings. The first kappa shape index (κ1) is 10.2. The Hall–Kier alpha value is -0.750. The summed E-state index contributed by atoms with van der Waals surface area (Å²) < 4.78 is 78.1. The quantitative estimate of drug-likeness (QED) is 0.547. The molecule has 0 aromatic carbocycles. The molecule has 0 heterocycles. The summed E-state index contributed by atoms with van der Waals surface area (Å²) in [5.74, 6) is -6.47. The monoisotopic (exact) mass is 182 g/mol. The molecule has 0 saturated heterocycles. The van der Waals surface area contributed by atoms with Crippen LogP contribution in [0.2, 0.25) is 0 Å². The second-order valence-electron chi connectivity index (χ2n) is 1.46. The molecule has 0 saturated carbocycles. The molecule has 0 aliphatic carbocycles. The van der Waals surface area contributed by atoms with E-state index in [1.165, 1.54) is 0 Å². The fourth-order valence-corrected chi connectivity index (χ4v) is 0.231. The van der Waals surface area contributed by atoms with Crippen LogP contribution >= 0.6 is 0 Å². The maximum absolute atomic E-state index is 11.5. The van der Waals surface area contributed by atoms with Gasteiger partial charge in [-0.1, -0.05) is 0 Å². The van der Waals surface area contributed by atoms with Crippen molar-refractivity contribution in [3.63, 3.8) is 0 Å². The van der Waals surface area contributed by atoms with Gasteiger partial charge in [0.2, 0.25) is 11.7 Å². The highest BCUT2D eigenvalue weighted by Crippen LogP contribution is 2.31. The van der Waals surface area contributed by atoms with E-state index in [0.717, 1.165) is 0 Å². The molecule has 0 aromatic rings. The van der Waals surface area contributed by atoms with Gasteiger partial charge in [0.1, 0.15) is 0 Å². The van der Waals surface area contributed by atoms with Gasteiger partial charge in [-0.2, -0.15) is 17.6 Å². The van der Waals surface area contributed by atoms with Crippen molar-refractivity contribution in [2.75, 3.05) is 0 Å². The van der Waals surface area contributed by atoms with Gasteiger partial charge in [-0.15, -0.1) is 0 Å². The molecule has 0 aromatic heterocycles. The predicted molar refractivity (Wildman–Crippen MR) is 21.3 cm³/mol. The zero-order valence-corrected chi connectivity index (χ0v) is 4.72. The van der Waals surface area contributed by atoms with Crippen molar-refractivity contribution in [2.24, 2.45) is 0 Å². The van der Waals surface area contributed by atoms with Crippen molar-refractivity contribution in [3.05, 3.63) is 11.7 Å². The Morgan fingerprint density at radius 1 is 1.00 bits per heavy atom. The molecular formula is C4HF7. The van der Waals surface area contributed by atoms with Crippen LogP contribution in [0.4, 0.5) is 30.7 Å². The summed E-state index contributed by atoms with van der Waals surface area (Å²) >= 11 is 0. The molecule has 0 N–H and O–H groups in total. The van der Waals surface area contributed by atoms with Crippen molar-refractivity contribution in [1.29, 1.82) is 0 Å². The Labute approximate surface area is 56.3 Å². The van der Waals surface area contributed by atoms with E-state index >= 15 is 0 Å². The number of halogens is 7. The summed E-state index contributed by atoms with van der Waals surface area (Å²) in [6.45, 7) is 0. The standard InChI is InChI=1S/C4HF7/c5-1(3(7)8)2(6)4(9,10)11/h3H. The number of alkyl halides is 5. The SMILES string of the molecule is FC(=C(F)C(F)(F)F)C(F)F. The minimum atomic E-state index is -5.68. The van der Waals surface area contributed by atoms with Gasteiger partial charge >= 0.3 is 6.18 Å². The molecule has 66 valence electrons. The van der Waals surface area contributed by atoms with Gasteiger partial charge < -0.3 is 0 Å². The molecule has 11 heavy (non-hydrogen) atoms. The first-order valence-electron chi connectivity index (χ1n) is 2.17. The second kappa shape index (κ2) is 3.10. The Bertz CT molecular complexity index is 164. The number of hydrogen-bond acceptors (Lipinski definition) is 0. The minimum Gasteiger partial charge on any atom is -0.202 e. The molecule has 0 atom stereocenters. The Balaban J connectivity index is 4.67. The highest BCUT2D eigenvalue weighted by molar-refractivity contribution is 5.07. The Morgan fingerprint density at radius 3 is 1.45 bits per heavy atom. The average Bonchev–Trinajstić information content (AvgIpc) is 1.82. The van der Waals surface area contributed by atoms with Gasteiger partial charge in [0.25, 0.3) is 6.43 Å². The first-order chi connectivity index (χ1) is 4.76. The van der Waals surface area contributed by atoms with E-state index in [2.05, 4.69) is 0 Å². The highest BCUT2D eigenvalue weighted by atomic mass is 19.4. The summed E-state index contributed by atoms with van der Waals surface area (Å²) in [4.78, 5) is 0. The van der Waals surface area contributed by atoms with E-state index in [-0.39, 0.29) is 0 Å². The maximum atomic E-state index is 11.5. The van der Waals surface area contributed by atoms with E-state index in [0.29, 0.717) is 0 Å². The lowest BCUT2D eigenvalue weighted by molar-refractivity contribution is -0.113. The zero-order chi connectivity index (χ0) is 9.23. The summed E-state index contributed by atoms with van der Waals surface area (Å²) in [5.41, 5.74) is 0. The molecule has 0 radical (unpaired) electrons. The molecule has 7 heteroatoms. The lowest BCUT2D eigenvalue weighted by atomic mass is 10.4. The molecule has 0 aliphatic heterocycles. The third-order valence-electron chi connectivity index (χ3n) is 0.650. The Kier molecular flexibility index (Phi) is 2.89. The van der Waals surface area contributed by atoms with Gasteiger partial charge in [0.15, 0.2) is 0 Å². The second-order valence-corrected chi connectivity index (χ2v) is 1.46. The molecule has 0 unspecified atom stereocenters. The van der Waals surface area contributed by atoms with Crippen molar-refractivity contribution in [1.82, 2.24) is 0 Å². The summed E-state index contributed by atoms with van der Waals surface area (Å²) in [5, 5.41) is 0. The van der Waals surface area contributed by atoms with Crippen LogP contribution in [0, 0.1) is 0 Å². The first-order valence-corrected chi connectivity index (χ1v) is 2.17. The van der Waals surface area contributed by atoms with Gasteiger partial charge in [0.05, 0.1) is 0 Å². The van der Waals surface area contributed by atoms with Crippen LogP contribution in [0.3, 0.4) is 0 Å². The van der Waals surface area contributed by atoms with Gasteiger partial charge in [-0.3, -0.25) is 0 Å². The van der Waals surface area contributed by atoms with E-state index < -0.39 is 24.3 Å². The summed E-state index contributed by atoms with van der Waals surface area (Å²) in [7, 11) is 0. The van der Waals surface area contributed by atoms with Crippen LogP contribution in [0.1, 0.15) is 0 Å². The fourth-order valence-electron chi connectivity index (χ4n) is 0.231. The topological polar surface area (TPSA) is 0 Å². The van der Waals surface area contributed by atoms with Crippen molar-refractivity contribution in [3.8, 4) is 0 Å². The van der Waals surface area contributed by atoms with E-state index in [4.69, 9.17) is 0 Å². The van der Waals surface area contributed by atoms with E-state index in [1.807, 2.05) is 0 Å². The predicted octanol–water partition coefficient (Wildman–Crippen LogP) is 2.96. The van der Waals surface area contributed by atoms with E-state index in [9.17, 15) is 30.7 Å². The van der Waals surface area contributed by atoms with Crippen LogP contribution in [0.15, 0.2) is 11.7 Å². The van der Waals surface area contributed by atoms with Gasteiger partial charge in [0, 0.05) is 0 Å². The van der Waals surface area contributed by atoms with Crippen LogP contribution in [-0.4, -0.2) is 12.6 Å². The molecular weight excluding hydrogens is 181 g/mol. The van der Waals surface area contributed by atoms with Crippen LogP contribution < -0.4 is 0 Å². The third kappa shape index (κ3) is 2.77. The molecule has 0 rings (SSSR count). The van der Waals surface area contributed by atoms with Crippen molar-refractivity contribution < 1.29 is 30.7 Å². The molecule has 0 amide bonds. The molecule has 0 aliphatic rings. The Morgan fingerprint density at radius 2 is 1.36 bits per heavy atom. The van der Waals surface area contributed by atoms with Crippen molar-refractivity contribution in [2.45, 2.75) is 12.6 Å². The number of rotatable bonds is 1. The van der Waals surface area contributed by atoms with E-state index in [1.54, 1.807) is 0 Å². The van der Waals surface area contributed by atoms with Gasteiger partial charge in [-0.25, -0.2) is 13.2 Å². The number of allylic oxidation sites excluding steroid dienone is 2. The third-order valence-corrected chi connectivity index (χ3v) is 0.650. The molecule has 0 bridgehead atoms. The zero-order valence-electron chi connectivity index (χ0n) is 4.72. The summed E-state index contributed by atoms with van der Waals surface area (Å²) in [6, 6.07) is 0. The largest absolute Gasteiger partial charge is 0.445 e. The fraction of sp³-hybridized carbons (Fsp3) is 0.500. The van der Waals surface area contributed by atoms with Crippen LogP contribution in [0.25, 0.3) is 0 Å². The van der Waals surface area contributed by atoms with Crippen LogP contribution in [-0.2, 0) is 0 Å². The smallest absolute Gasteiger partial charge is 0.202 e. The van der Waals surface area contributed by atoms with Gasteiger partial charge in [-0.05, 0) is 0 Å². The molecule has 0 nitrogen and oxygen atoms in total. The lowest BCUT2D eigenvalue weighted by Crippen LogP contribution is -2.12. The molecule has 0 spiro atoms. The normalized spacial score (nSPS) is 15.3. The lowest BCUT2D eigenvalue weighted by Gasteiger charge is -2.03. The summed E-state index contributed by atoms with van der Waals surface area (Å²) in [6.07, 6.45) is -9.75. The number of hydrogen-bond donors (Lipinski definition) is 0. The van der Waals surface area contributed by atoms with Crippen molar-refractivity contribution >= 4 is 0 Å². The van der Waals surface area contributed by atoms with Crippen LogP contribution in [0.5, 0.6) is 0 Å².